The van der Waals surface area contributed by atoms with E-state index in [0.29, 0.717) is 48.8 Å². The van der Waals surface area contributed by atoms with E-state index in [1.54, 1.807) is 33.2 Å². The van der Waals surface area contributed by atoms with E-state index in [1.807, 2.05) is 55.1 Å². The van der Waals surface area contributed by atoms with E-state index in [2.05, 4.69) is 10.2 Å². The molecule has 1 fully saturated rings. The van der Waals surface area contributed by atoms with Crippen molar-refractivity contribution < 1.29 is 23.9 Å². The summed E-state index contributed by atoms with van der Waals surface area (Å²) < 4.78 is 10.7. The number of esters is 1. The second-order valence-corrected chi connectivity index (χ2v) is 9.75. The molecule has 202 valence electrons. The lowest BCUT2D eigenvalue weighted by atomic mass is 9.93. The van der Waals surface area contributed by atoms with Crippen molar-refractivity contribution in [3.05, 3.63) is 76.5 Å². The van der Waals surface area contributed by atoms with Crippen molar-refractivity contribution in [2.75, 3.05) is 46.9 Å². The Kier molecular flexibility index (Phi) is 8.36. The number of hydrogen-bond donors (Lipinski definition) is 1. The minimum Gasteiger partial charge on any atom is -0.497 e. The number of carbonyl (C=O) groups excluding carboxylic acids is 3. The summed E-state index contributed by atoms with van der Waals surface area (Å²) in [4.78, 5) is 45.0. The summed E-state index contributed by atoms with van der Waals surface area (Å²) in [6.45, 7) is 8.11. The van der Waals surface area contributed by atoms with Gasteiger partial charge in [-0.1, -0.05) is 35.9 Å². The fourth-order valence-corrected chi connectivity index (χ4v) is 5.02. The summed E-state index contributed by atoms with van der Waals surface area (Å²) in [7, 11) is 3.25. The summed E-state index contributed by atoms with van der Waals surface area (Å²) in [6, 6.07) is 14.0. The molecule has 2 heterocycles. The van der Waals surface area contributed by atoms with Gasteiger partial charge in [-0.3, -0.25) is 14.6 Å². The first kappa shape index (κ1) is 27.2. The molecule has 0 bridgehead atoms. The molecule has 2 unspecified atom stereocenters. The molecule has 9 heteroatoms. The van der Waals surface area contributed by atoms with E-state index < -0.39 is 12.0 Å². The maximum Gasteiger partial charge on any atom is 0.338 e. The number of aryl methyl sites for hydroxylation is 1. The fourth-order valence-electron chi connectivity index (χ4n) is 5.02. The number of ether oxygens (including phenoxy) is 2. The van der Waals surface area contributed by atoms with Crippen molar-refractivity contribution in [1.82, 2.24) is 20.0 Å². The molecule has 0 aliphatic carbocycles. The lowest BCUT2D eigenvalue weighted by molar-refractivity contribution is -0.139. The largest absolute Gasteiger partial charge is 0.497 e. The lowest BCUT2D eigenvalue weighted by Gasteiger charge is -2.42. The van der Waals surface area contributed by atoms with Gasteiger partial charge in [0.2, 0.25) is 0 Å². The van der Waals surface area contributed by atoms with E-state index in [-0.39, 0.29) is 24.6 Å². The summed E-state index contributed by atoms with van der Waals surface area (Å²) >= 11 is 0. The lowest BCUT2D eigenvalue weighted by Crippen LogP contribution is -2.56. The zero-order chi connectivity index (χ0) is 27.4. The van der Waals surface area contributed by atoms with Crippen LogP contribution in [-0.4, -0.2) is 85.6 Å². The number of nitrogens with zero attached hydrogens (tertiary/aromatic N) is 3. The van der Waals surface area contributed by atoms with Crippen molar-refractivity contribution in [2.45, 2.75) is 32.9 Å². The highest BCUT2D eigenvalue weighted by Gasteiger charge is 2.38. The SMILES string of the molecule is CCOC(=O)C1=C(CN2CCN(C(=O)c3cccc(OC)c3)C(C)C2)N(C)C(=O)NC1c1ccc(C)cc1. The molecule has 0 saturated carbocycles. The van der Waals surface area contributed by atoms with E-state index in [0.717, 1.165) is 11.1 Å². The Morgan fingerprint density at radius 3 is 2.50 bits per heavy atom. The van der Waals surface area contributed by atoms with Crippen molar-refractivity contribution in [3.8, 4) is 5.75 Å². The number of urea groups is 1. The van der Waals surface area contributed by atoms with Crippen LogP contribution in [-0.2, 0) is 9.53 Å². The first-order chi connectivity index (χ1) is 18.2. The molecule has 0 radical (unpaired) electrons. The maximum atomic E-state index is 13.2. The molecule has 9 nitrogen and oxygen atoms in total. The zero-order valence-corrected chi connectivity index (χ0v) is 22.7. The topological polar surface area (TPSA) is 91.4 Å². The van der Waals surface area contributed by atoms with E-state index in [4.69, 9.17) is 9.47 Å². The number of carbonyl (C=O) groups is 3. The van der Waals surface area contributed by atoms with Crippen LogP contribution in [0.5, 0.6) is 5.75 Å². The van der Waals surface area contributed by atoms with Crippen LogP contribution >= 0.6 is 0 Å². The van der Waals surface area contributed by atoms with Crippen molar-refractivity contribution in [2.24, 2.45) is 0 Å². The summed E-state index contributed by atoms with van der Waals surface area (Å²) in [6.07, 6.45) is 0. The average Bonchev–Trinajstić information content (AvgIpc) is 2.91. The number of amides is 3. The molecular weight excluding hydrogens is 484 g/mol. The number of likely N-dealkylation sites (N-methyl/N-ethyl adjacent to an activating group) is 1. The van der Waals surface area contributed by atoms with Crippen molar-refractivity contribution in [3.63, 3.8) is 0 Å². The summed E-state index contributed by atoms with van der Waals surface area (Å²) in [5.41, 5.74) is 3.53. The van der Waals surface area contributed by atoms with Crippen LogP contribution in [0.3, 0.4) is 0 Å². The molecule has 2 aromatic rings. The second-order valence-electron chi connectivity index (χ2n) is 9.75. The van der Waals surface area contributed by atoms with Gasteiger partial charge in [0.05, 0.1) is 25.3 Å². The maximum absolute atomic E-state index is 13.2. The molecule has 2 atom stereocenters. The van der Waals surface area contributed by atoms with Crippen LogP contribution < -0.4 is 10.1 Å². The number of benzene rings is 2. The number of nitrogens with one attached hydrogen (secondary N) is 1. The van der Waals surface area contributed by atoms with Gasteiger partial charge in [0, 0.05) is 50.5 Å². The third-order valence-electron chi connectivity index (χ3n) is 7.15. The molecule has 2 aliphatic rings. The normalized spacial score (nSPS) is 20.3. The first-order valence-electron chi connectivity index (χ1n) is 12.9. The third kappa shape index (κ3) is 5.67. The fraction of sp³-hybridized carbons (Fsp3) is 0.414. The van der Waals surface area contributed by atoms with Crippen LogP contribution in [0.4, 0.5) is 4.79 Å². The highest BCUT2D eigenvalue weighted by Crippen LogP contribution is 2.32. The standard InChI is InChI=1S/C29H36N4O5/c1-6-38-28(35)25-24(31(4)29(36)30-26(25)21-12-10-19(2)11-13-21)18-32-14-15-33(20(3)17-32)27(34)22-8-7-9-23(16-22)37-5/h7-13,16,20,26H,6,14-15,17-18H2,1-5H3,(H,30,36). The monoisotopic (exact) mass is 520 g/mol. The minimum atomic E-state index is -0.610. The molecule has 2 aromatic carbocycles. The quantitative estimate of drug-likeness (QED) is 0.563. The molecule has 38 heavy (non-hydrogen) atoms. The summed E-state index contributed by atoms with van der Waals surface area (Å²) in [5, 5.41) is 2.96. The molecule has 2 aliphatic heterocycles. The van der Waals surface area contributed by atoms with Gasteiger partial charge in [0.15, 0.2) is 0 Å². The van der Waals surface area contributed by atoms with Crippen LogP contribution in [0, 0.1) is 6.92 Å². The second kappa shape index (κ2) is 11.7. The molecule has 0 spiro atoms. The average molecular weight is 521 g/mol. The minimum absolute atomic E-state index is 0.0453. The van der Waals surface area contributed by atoms with Crippen LogP contribution in [0.2, 0.25) is 0 Å². The number of hydrogen-bond acceptors (Lipinski definition) is 6. The third-order valence-corrected chi connectivity index (χ3v) is 7.15. The predicted octanol–water partition coefficient (Wildman–Crippen LogP) is 3.36. The smallest absolute Gasteiger partial charge is 0.338 e. The molecule has 4 rings (SSSR count). The van der Waals surface area contributed by atoms with Gasteiger partial charge in [0.25, 0.3) is 5.91 Å². The Hall–Kier alpha value is -3.85. The van der Waals surface area contributed by atoms with Gasteiger partial charge >= 0.3 is 12.0 Å². The van der Waals surface area contributed by atoms with Gasteiger partial charge in [-0.25, -0.2) is 9.59 Å². The molecular formula is C29H36N4O5. The van der Waals surface area contributed by atoms with Gasteiger partial charge in [-0.15, -0.1) is 0 Å². The predicted molar refractivity (Wildman–Crippen MR) is 144 cm³/mol. The van der Waals surface area contributed by atoms with Crippen LogP contribution in [0.1, 0.15) is 41.4 Å². The Morgan fingerprint density at radius 1 is 1.11 bits per heavy atom. The first-order valence-corrected chi connectivity index (χ1v) is 12.9. The van der Waals surface area contributed by atoms with Gasteiger partial charge in [-0.05, 0) is 44.5 Å². The highest BCUT2D eigenvalue weighted by molar-refractivity contribution is 5.96. The molecule has 0 aromatic heterocycles. The number of rotatable bonds is 7. The summed E-state index contributed by atoms with van der Waals surface area (Å²) in [5.74, 6) is 0.151. The Labute approximate surface area is 224 Å². The van der Waals surface area contributed by atoms with Gasteiger partial charge < -0.3 is 19.7 Å². The Bertz CT molecular complexity index is 1230. The number of methoxy groups -OCH3 is 1. The van der Waals surface area contributed by atoms with Gasteiger partial charge in [0.1, 0.15) is 5.75 Å². The zero-order valence-electron chi connectivity index (χ0n) is 22.7. The van der Waals surface area contributed by atoms with Crippen LogP contribution in [0.25, 0.3) is 0 Å². The Balaban J connectivity index is 1.58. The van der Waals surface area contributed by atoms with Crippen LogP contribution in [0.15, 0.2) is 59.8 Å². The van der Waals surface area contributed by atoms with E-state index >= 15 is 0 Å². The van der Waals surface area contributed by atoms with E-state index in [9.17, 15) is 14.4 Å². The molecule has 1 saturated heterocycles. The van der Waals surface area contributed by atoms with E-state index in [1.165, 1.54) is 4.90 Å². The number of piperazine rings is 1. The molecule has 1 N–H and O–H groups in total. The Morgan fingerprint density at radius 2 is 1.84 bits per heavy atom. The van der Waals surface area contributed by atoms with Gasteiger partial charge in [-0.2, -0.15) is 0 Å². The van der Waals surface area contributed by atoms with Crippen molar-refractivity contribution in [1.29, 1.82) is 0 Å². The van der Waals surface area contributed by atoms with Crippen molar-refractivity contribution >= 4 is 17.9 Å². The molecule has 3 amide bonds. The highest BCUT2D eigenvalue weighted by atomic mass is 16.5.